The molecule has 2 aromatic carbocycles. The summed E-state index contributed by atoms with van der Waals surface area (Å²) < 4.78 is 46.4. The Morgan fingerprint density at radius 3 is 2.38 bits per heavy atom. The maximum atomic E-state index is 15.6. The molecule has 53 heavy (non-hydrogen) atoms. The summed E-state index contributed by atoms with van der Waals surface area (Å²) in [6.45, 7) is 6.70. The van der Waals surface area contributed by atoms with Crippen LogP contribution < -0.4 is 15.0 Å². The largest absolute Gasteiger partial charge is 0.453 e. The average Bonchev–Trinajstić information content (AvgIpc) is 3.88. The number of ether oxygens (including phenoxy) is 3. The van der Waals surface area contributed by atoms with Gasteiger partial charge >= 0.3 is 12.1 Å². The summed E-state index contributed by atoms with van der Waals surface area (Å²) >= 11 is 1.39. The van der Waals surface area contributed by atoms with E-state index in [1.54, 1.807) is 30.5 Å². The van der Waals surface area contributed by atoms with Crippen LogP contribution in [-0.2, 0) is 20.7 Å². The first-order valence-corrected chi connectivity index (χ1v) is 17.9. The van der Waals surface area contributed by atoms with E-state index in [2.05, 4.69) is 15.3 Å². The second-order valence-corrected chi connectivity index (χ2v) is 14.5. The van der Waals surface area contributed by atoms with Crippen molar-refractivity contribution < 1.29 is 37.4 Å². The number of nitrogens with one attached hydrogen (secondary N) is 1. The summed E-state index contributed by atoms with van der Waals surface area (Å²) in [4.78, 5) is 51.5. The number of urea groups is 1. The zero-order valence-electron chi connectivity index (χ0n) is 29.7. The molecule has 276 valence electrons. The van der Waals surface area contributed by atoms with Gasteiger partial charge in [-0.2, -0.15) is 0 Å². The number of halogens is 2. The van der Waals surface area contributed by atoms with E-state index in [9.17, 15) is 18.8 Å². The third kappa shape index (κ3) is 9.50. The Morgan fingerprint density at radius 1 is 0.943 bits per heavy atom. The van der Waals surface area contributed by atoms with Gasteiger partial charge in [0.15, 0.2) is 11.6 Å². The van der Waals surface area contributed by atoms with Gasteiger partial charge in [-0.1, -0.05) is 6.07 Å². The molecular formula is C39H39F2N5O6S. The summed E-state index contributed by atoms with van der Waals surface area (Å²) in [5.41, 5.74) is 1.99. The Bertz CT molecular complexity index is 2100. The smallest absolute Gasteiger partial charge is 0.410 e. The highest BCUT2D eigenvalue weighted by Gasteiger charge is 2.37. The minimum atomic E-state index is -0.782. The zero-order chi connectivity index (χ0) is 37.7. The number of pyridine rings is 2. The van der Waals surface area contributed by atoms with Crippen molar-refractivity contribution in [2.45, 2.75) is 45.6 Å². The van der Waals surface area contributed by atoms with E-state index < -0.39 is 35.3 Å². The Hall–Kier alpha value is -5.47. The van der Waals surface area contributed by atoms with E-state index in [1.165, 1.54) is 47.7 Å². The number of imide groups is 1. The topological polar surface area (TPSA) is 123 Å². The second-order valence-electron chi connectivity index (χ2n) is 13.5. The fourth-order valence-electron chi connectivity index (χ4n) is 5.33. The van der Waals surface area contributed by atoms with Gasteiger partial charge in [0, 0.05) is 56.3 Å². The Morgan fingerprint density at radius 2 is 1.72 bits per heavy atom. The van der Waals surface area contributed by atoms with Gasteiger partial charge in [0.1, 0.15) is 17.2 Å². The minimum Gasteiger partial charge on any atom is -0.453 e. The molecule has 3 heterocycles. The van der Waals surface area contributed by atoms with Crippen molar-refractivity contribution in [3.05, 3.63) is 96.3 Å². The molecule has 1 fully saturated rings. The number of amides is 4. The van der Waals surface area contributed by atoms with Crippen LogP contribution in [0.5, 0.6) is 11.5 Å². The molecule has 0 radical (unpaired) electrons. The fourth-order valence-corrected chi connectivity index (χ4v) is 6.37. The third-order valence-electron chi connectivity index (χ3n) is 8.18. The number of nitrogens with zero attached hydrogens (tertiary/aromatic N) is 4. The van der Waals surface area contributed by atoms with Crippen molar-refractivity contribution in [2.75, 3.05) is 37.0 Å². The molecule has 1 aliphatic carbocycles. The van der Waals surface area contributed by atoms with Gasteiger partial charge in [0.2, 0.25) is 5.91 Å². The minimum absolute atomic E-state index is 0.0340. The van der Waals surface area contributed by atoms with E-state index in [0.29, 0.717) is 60.6 Å². The first-order chi connectivity index (χ1) is 25.4. The molecule has 1 N–H and O–H groups in total. The number of hydrogen-bond donors (Lipinski definition) is 1. The predicted molar refractivity (Wildman–Crippen MR) is 198 cm³/mol. The molecule has 0 bridgehead atoms. The first-order valence-electron chi connectivity index (χ1n) is 17.1. The Balaban J connectivity index is 1.16. The quantitative estimate of drug-likeness (QED) is 0.135. The van der Waals surface area contributed by atoms with Crippen molar-refractivity contribution in [2.24, 2.45) is 5.92 Å². The predicted octanol–water partition coefficient (Wildman–Crippen LogP) is 8.83. The SMILES string of the molecule is COCCN(CCc1ccc(-c2cc3nccc(Oc4ccc(N(C(=O)Nc5ccc(F)cc5)C(=O)C5CC5)cc4F)c3s2)nc1)C(=O)OC(C)(C)C. The summed E-state index contributed by atoms with van der Waals surface area (Å²) in [5, 5.41) is 2.58. The molecule has 6 rings (SSSR count). The summed E-state index contributed by atoms with van der Waals surface area (Å²) in [5.74, 6) is -1.78. The van der Waals surface area contributed by atoms with Gasteiger partial charge in [0.05, 0.1) is 33.1 Å². The second kappa shape index (κ2) is 16.0. The lowest BCUT2D eigenvalue weighted by atomic mass is 10.1. The normalized spacial score (nSPS) is 12.7. The summed E-state index contributed by atoms with van der Waals surface area (Å²) in [6, 6.07) is 15.6. The molecule has 0 spiro atoms. The molecular weight excluding hydrogens is 705 g/mol. The molecule has 0 aliphatic heterocycles. The summed E-state index contributed by atoms with van der Waals surface area (Å²) in [6.07, 6.45) is 4.76. The number of hydrogen-bond acceptors (Lipinski definition) is 9. The van der Waals surface area contributed by atoms with Gasteiger partial charge in [-0.05, 0) is 94.1 Å². The van der Waals surface area contributed by atoms with E-state index in [-0.39, 0.29) is 23.0 Å². The fraction of sp³-hybridized carbons (Fsp3) is 0.308. The number of fused-ring (bicyclic) bond motifs is 1. The van der Waals surface area contributed by atoms with Gasteiger partial charge in [0.25, 0.3) is 0 Å². The van der Waals surface area contributed by atoms with E-state index in [4.69, 9.17) is 14.2 Å². The van der Waals surface area contributed by atoms with Crippen LogP contribution in [-0.4, -0.2) is 65.3 Å². The lowest BCUT2D eigenvalue weighted by Crippen LogP contribution is -2.41. The molecule has 11 nitrogen and oxygen atoms in total. The van der Waals surface area contributed by atoms with Crippen molar-refractivity contribution in [1.29, 1.82) is 0 Å². The van der Waals surface area contributed by atoms with Crippen molar-refractivity contribution in [1.82, 2.24) is 14.9 Å². The number of rotatable bonds is 12. The van der Waals surface area contributed by atoms with Gasteiger partial charge in [-0.25, -0.2) is 23.3 Å². The van der Waals surface area contributed by atoms with E-state index in [1.807, 2.05) is 39.0 Å². The van der Waals surface area contributed by atoms with Gasteiger partial charge < -0.3 is 24.4 Å². The molecule has 4 amide bonds. The first kappa shape index (κ1) is 37.3. The van der Waals surface area contributed by atoms with Crippen LogP contribution in [0, 0.1) is 17.6 Å². The molecule has 3 aromatic heterocycles. The molecule has 0 saturated heterocycles. The maximum absolute atomic E-state index is 15.6. The van der Waals surface area contributed by atoms with Gasteiger partial charge in [-0.3, -0.25) is 14.8 Å². The summed E-state index contributed by atoms with van der Waals surface area (Å²) in [7, 11) is 1.58. The monoisotopic (exact) mass is 743 g/mol. The van der Waals surface area contributed by atoms with Crippen molar-refractivity contribution >= 4 is 51.0 Å². The number of benzene rings is 2. The Kier molecular flexibility index (Phi) is 11.3. The van der Waals surface area contributed by atoms with Crippen LogP contribution in [0.15, 0.2) is 79.1 Å². The van der Waals surface area contributed by atoms with E-state index >= 15 is 4.39 Å². The molecule has 1 aliphatic rings. The van der Waals surface area contributed by atoms with Crippen LogP contribution in [0.1, 0.15) is 39.2 Å². The van der Waals surface area contributed by atoms with Crippen LogP contribution >= 0.6 is 11.3 Å². The molecule has 14 heteroatoms. The third-order valence-corrected chi connectivity index (χ3v) is 9.34. The number of thiophene rings is 1. The van der Waals surface area contributed by atoms with Crippen LogP contribution in [0.25, 0.3) is 20.8 Å². The number of anilines is 2. The average molecular weight is 744 g/mol. The lowest BCUT2D eigenvalue weighted by molar-refractivity contribution is -0.119. The maximum Gasteiger partial charge on any atom is 0.410 e. The highest BCUT2D eigenvalue weighted by atomic mass is 32.1. The Labute approximate surface area is 309 Å². The van der Waals surface area contributed by atoms with Crippen molar-refractivity contribution in [3.63, 3.8) is 0 Å². The number of methoxy groups -OCH3 is 1. The highest BCUT2D eigenvalue weighted by molar-refractivity contribution is 7.22. The van der Waals surface area contributed by atoms with E-state index in [0.717, 1.165) is 21.4 Å². The van der Waals surface area contributed by atoms with Gasteiger partial charge in [-0.15, -0.1) is 11.3 Å². The molecule has 0 atom stereocenters. The number of aromatic nitrogens is 2. The molecule has 0 unspecified atom stereocenters. The van der Waals surface area contributed by atoms with Crippen LogP contribution in [0.4, 0.5) is 29.7 Å². The zero-order valence-corrected chi connectivity index (χ0v) is 30.5. The number of carbonyl (C=O) groups excluding carboxylic acids is 3. The molecule has 5 aromatic rings. The highest BCUT2D eigenvalue weighted by Crippen LogP contribution is 2.40. The standard InChI is InChI=1S/C39H39F2N5O6S/c1-39(2,3)52-38(49)45(19-20-50-4)18-16-24-5-13-30(43-23-24)34-22-31-35(53-34)33(15-17-42-31)51-32-14-12-28(21-29(32)41)46(36(47)25-6-7-25)37(48)44-27-10-8-26(40)9-11-27/h5,8-15,17,21-23,25H,6-7,16,18-20H2,1-4H3,(H,44,48). The van der Waals surface area contributed by atoms with Crippen LogP contribution in [0.2, 0.25) is 0 Å². The number of carbonyl (C=O) groups is 3. The van der Waals surface area contributed by atoms with Crippen LogP contribution in [0.3, 0.4) is 0 Å². The lowest BCUT2D eigenvalue weighted by Gasteiger charge is -2.27. The van der Waals surface area contributed by atoms with Crippen molar-refractivity contribution in [3.8, 4) is 22.1 Å². The molecule has 1 saturated carbocycles.